The van der Waals surface area contributed by atoms with Crippen LogP contribution < -0.4 is 5.32 Å². The van der Waals surface area contributed by atoms with Crippen molar-refractivity contribution in [2.75, 3.05) is 11.9 Å². The molecule has 0 saturated carbocycles. The van der Waals surface area contributed by atoms with E-state index in [0.29, 0.717) is 9.50 Å². The summed E-state index contributed by atoms with van der Waals surface area (Å²) in [7, 11) is 0. The molecule has 0 spiro atoms. The third-order valence-corrected chi connectivity index (χ3v) is 3.75. The summed E-state index contributed by atoms with van der Waals surface area (Å²) in [6.45, 7) is -0.586. The summed E-state index contributed by atoms with van der Waals surface area (Å²) in [4.78, 5) is 23.6. The van der Waals surface area contributed by atoms with Gasteiger partial charge in [0.15, 0.2) is 6.61 Å². The molecule has 120 valence electrons. The molecule has 0 aliphatic heterocycles. The number of hydrogen-bond acceptors (Lipinski definition) is 3. The molecule has 0 atom stereocenters. The minimum atomic E-state index is -0.802. The van der Waals surface area contributed by atoms with Crippen LogP contribution in [-0.4, -0.2) is 18.5 Å². The summed E-state index contributed by atoms with van der Waals surface area (Å²) in [5, 5.41) is 2.76. The lowest BCUT2D eigenvalue weighted by Crippen LogP contribution is -2.21. The first-order chi connectivity index (χ1) is 10.9. The number of nitrogens with one attached hydrogen (secondary N) is 1. The fraction of sp³-hybridized carbons (Fsp3) is 0.0667. The van der Waals surface area contributed by atoms with Gasteiger partial charge in [-0.3, -0.25) is 4.79 Å². The molecule has 0 aliphatic carbocycles. The lowest BCUT2D eigenvalue weighted by molar-refractivity contribution is -0.119. The molecule has 0 unspecified atom stereocenters. The molecule has 1 N–H and O–H groups in total. The van der Waals surface area contributed by atoms with Crippen molar-refractivity contribution in [3.8, 4) is 0 Å². The summed E-state index contributed by atoms with van der Waals surface area (Å²) < 4.78 is 19.0. The number of carbonyl (C=O) groups is 2. The number of amides is 1. The van der Waals surface area contributed by atoms with Gasteiger partial charge in [0.1, 0.15) is 5.82 Å². The van der Waals surface area contributed by atoms with E-state index in [0.717, 1.165) is 0 Å². The first kappa shape index (κ1) is 17.7. The van der Waals surface area contributed by atoms with Crippen LogP contribution in [0.25, 0.3) is 0 Å². The van der Waals surface area contributed by atoms with Gasteiger partial charge in [-0.05, 0) is 36.4 Å². The van der Waals surface area contributed by atoms with Gasteiger partial charge in [-0.1, -0.05) is 39.1 Å². The lowest BCUT2D eigenvalue weighted by Gasteiger charge is -2.08. The summed E-state index contributed by atoms with van der Waals surface area (Å²) in [6.07, 6.45) is 0. The molecule has 0 heterocycles. The maximum atomic E-state index is 13.6. The fourth-order valence-electron chi connectivity index (χ4n) is 1.64. The monoisotopic (exact) mass is 419 g/mol. The number of rotatable bonds is 4. The van der Waals surface area contributed by atoms with Crippen LogP contribution in [0, 0.1) is 5.82 Å². The van der Waals surface area contributed by atoms with Crippen molar-refractivity contribution in [1.82, 2.24) is 0 Å². The molecule has 0 bridgehead atoms. The molecule has 0 fully saturated rings. The van der Waals surface area contributed by atoms with E-state index in [-0.39, 0.29) is 16.3 Å². The Balaban J connectivity index is 1.96. The molecule has 1 amide bonds. The minimum absolute atomic E-state index is 0.0185. The molecule has 2 aromatic rings. The maximum Gasteiger partial charge on any atom is 0.340 e. The molecule has 2 rings (SSSR count). The van der Waals surface area contributed by atoms with Crippen molar-refractivity contribution in [2.24, 2.45) is 0 Å². The third-order valence-electron chi connectivity index (χ3n) is 2.69. The Kier molecular flexibility index (Phi) is 5.98. The minimum Gasteiger partial charge on any atom is -0.452 e. The number of anilines is 1. The average Bonchev–Trinajstić information content (AvgIpc) is 2.50. The highest BCUT2D eigenvalue weighted by Gasteiger charge is 2.15. The van der Waals surface area contributed by atoms with Crippen molar-refractivity contribution in [3.05, 3.63) is 62.3 Å². The zero-order chi connectivity index (χ0) is 17.0. The van der Waals surface area contributed by atoms with Gasteiger partial charge in [0.25, 0.3) is 5.91 Å². The first-order valence-corrected chi connectivity index (χ1v) is 7.79. The number of ether oxygens (including phenoxy) is 1. The van der Waals surface area contributed by atoms with Crippen LogP contribution in [0.15, 0.2) is 40.9 Å². The molecular formula is C15H9BrCl2FNO3. The van der Waals surface area contributed by atoms with E-state index in [1.54, 1.807) is 6.07 Å². The van der Waals surface area contributed by atoms with Crippen molar-refractivity contribution in [2.45, 2.75) is 0 Å². The van der Waals surface area contributed by atoms with Gasteiger partial charge >= 0.3 is 5.97 Å². The van der Waals surface area contributed by atoms with Crippen molar-refractivity contribution in [1.29, 1.82) is 0 Å². The second-order valence-electron chi connectivity index (χ2n) is 4.37. The highest BCUT2D eigenvalue weighted by molar-refractivity contribution is 9.10. The van der Waals surface area contributed by atoms with Gasteiger partial charge in [-0.25, -0.2) is 9.18 Å². The fourth-order valence-corrected chi connectivity index (χ4v) is 2.34. The van der Waals surface area contributed by atoms with E-state index in [2.05, 4.69) is 21.2 Å². The quantitative estimate of drug-likeness (QED) is 0.730. The summed E-state index contributed by atoms with van der Waals surface area (Å²) in [5.41, 5.74) is 0.0248. The van der Waals surface area contributed by atoms with Gasteiger partial charge in [0, 0.05) is 9.50 Å². The summed E-state index contributed by atoms with van der Waals surface area (Å²) in [5.74, 6) is -2.10. The number of esters is 1. The largest absolute Gasteiger partial charge is 0.452 e. The van der Waals surface area contributed by atoms with Crippen molar-refractivity contribution >= 4 is 56.7 Å². The molecule has 23 heavy (non-hydrogen) atoms. The van der Waals surface area contributed by atoms with Crippen LogP contribution >= 0.6 is 39.1 Å². The van der Waals surface area contributed by atoms with Crippen LogP contribution in [0.3, 0.4) is 0 Å². The summed E-state index contributed by atoms with van der Waals surface area (Å²) in [6, 6.07) is 8.44. The number of halogens is 4. The number of benzene rings is 2. The standard InChI is InChI=1S/C15H9BrCl2FNO3/c16-8-1-4-13(12(19)5-8)20-14(21)7-23-15(22)10-6-9(17)2-3-11(10)18/h1-6H,7H2,(H,20,21). The Labute approximate surface area is 149 Å². The zero-order valence-corrected chi connectivity index (χ0v) is 14.5. The molecule has 0 aliphatic rings. The van der Waals surface area contributed by atoms with Gasteiger partial charge in [0.05, 0.1) is 16.3 Å². The molecular weight excluding hydrogens is 412 g/mol. The van der Waals surface area contributed by atoms with Crippen molar-refractivity contribution in [3.63, 3.8) is 0 Å². The van der Waals surface area contributed by atoms with Crippen LogP contribution in [0.4, 0.5) is 10.1 Å². The highest BCUT2D eigenvalue weighted by Crippen LogP contribution is 2.22. The number of carbonyl (C=O) groups excluding carboxylic acids is 2. The Morgan fingerprint density at radius 1 is 1.17 bits per heavy atom. The Bertz CT molecular complexity index is 770. The SMILES string of the molecule is O=C(COC(=O)c1cc(Cl)ccc1Cl)Nc1ccc(Br)cc1F. The molecule has 8 heteroatoms. The lowest BCUT2D eigenvalue weighted by atomic mass is 10.2. The van der Waals surface area contributed by atoms with Gasteiger partial charge in [-0.2, -0.15) is 0 Å². The van der Waals surface area contributed by atoms with Crippen LogP contribution in [0.5, 0.6) is 0 Å². The van der Waals surface area contributed by atoms with E-state index >= 15 is 0 Å². The van der Waals surface area contributed by atoms with Crippen LogP contribution in [0.2, 0.25) is 10.0 Å². The predicted molar refractivity (Wildman–Crippen MR) is 89.5 cm³/mol. The smallest absolute Gasteiger partial charge is 0.340 e. The third kappa shape index (κ3) is 4.92. The second kappa shape index (κ2) is 7.77. The predicted octanol–water partition coefficient (Wildman–Crippen LogP) is 4.69. The van der Waals surface area contributed by atoms with Gasteiger partial charge in [0.2, 0.25) is 0 Å². The summed E-state index contributed by atoms with van der Waals surface area (Å²) >= 11 is 14.7. The highest BCUT2D eigenvalue weighted by atomic mass is 79.9. The normalized spacial score (nSPS) is 10.3. The number of hydrogen-bond donors (Lipinski definition) is 1. The van der Waals surface area contributed by atoms with Crippen molar-refractivity contribution < 1.29 is 18.7 Å². The van der Waals surface area contributed by atoms with E-state index in [1.807, 2.05) is 0 Å². The van der Waals surface area contributed by atoms with Crippen LogP contribution in [-0.2, 0) is 9.53 Å². The molecule has 0 radical (unpaired) electrons. The van der Waals surface area contributed by atoms with E-state index in [4.69, 9.17) is 27.9 Å². The van der Waals surface area contributed by atoms with E-state index < -0.39 is 24.3 Å². The Morgan fingerprint density at radius 3 is 2.61 bits per heavy atom. The Hall–Kier alpha value is -1.63. The first-order valence-electron chi connectivity index (χ1n) is 6.24. The zero-order valence-electron chi connectivity index (χ0n) is 11.4. The van der Waals surface area contributed by atoms with Crippen LogP contribution in [0.1, 0.15) is 10.4 Å². The molecule has 2 aromatic carbocycles. The van der Waals surface area contributed by atoms with E-state index in [1.165, 1.54) is 30.3 Å². The maximum absolute atomic E-state index is 13.6. The topological polar surface area (TPSA) is 55.4 Å². The van der Waals surface area contributed by atoms with E-state index in [9.17, 15) is 14.0 Å². The Morgan fingerprint density at radius 2 is 1.91 bits per heavy atom. The molecule has 0 saturated heterocycles. The molecule has 0 aromatic heterocycles. The van der Waals surface area contributed by atoms with Gasteiger partial charge < -0.3 is 10.1 Å². The molecule has 4 nitrogen and oxygen atoms in total. The second-order valence-corrected chi connectivity index (χ2v) is 6.13. The van der Waals surface area contributed by atoms with Gasteiger partial charge in [-0.15, -0.1) is 0 Å². The average molecular weight is 421 g/mol.